The fraction of sp³-hybridized carbons (Fsp3) is 0.419. The predicted octanol–water partition coefficient (Wildman–Crippen LogP) is 9.15. The van der Waals surface area contributed by atoms with Gasteiger partial charge in [0.25, 0.3) is 0 Å². The van der Waals surface area contributed by atoms with Crippen LogP contribution in [-0.4, -0.2) is 7.05 Å². The van der Waals surface area contributed by atoms with Gasteiger partial charge in [-0.3, -0.25) is 0 Å². The number of nitrogens with one attached hydrogen (secondary N) is 2. The maximum Gasteiger partial charge on any atom is 0.0384 e. The Hall–Kier alpha value is -2.74. The van der Waals surface area contributed by atoms with E-state index in [2.05, 4.69) is 114 Å². The number of hydrogen-bond acceptors (Lipinski definition) is 2. The number of anilines is 1. The quantitative estimate of drug-likeness (QED) is 0.336. The standard InChI is InChI=1S/C17H24N2.C14H22/c1-7-14(4)19-17-9-8-16(13(3)11-17)10-12(2)15(5)18-6;1-4-8-13(9-5-2)14-11-7-6-10-12(14)3/h8-11,18-19H,4-5,7H2,1-3,6H3;6-7,10-11,13H,4-5,8-9H2,1-3H3/b12-10+;. The molecule has 2 N–H and O–H groups in total. The highest BCUT2D eigenvalue weighted by molar-refractivity contribution is 5.64. The first-order chi connectivity index (χ1) is 15.8. The summed E-state index contributed by atoms with van der Waals surface area (Å²) in [5.74, 6) is 0.784. The molecule has 0 aliphatic heterocycles. The van der Waals surface area contributed by atoms with Crippen molar-refractivity contribution in [2.24, 2.45) is 0 Å². The first-order valence-corrected chi connectivity index (χ1v) is 12.4. The summed E-state index contributed by atoms with van der Waals surface area (Å²) in [7, 11) is 1.88. The van der Waals surface area contributed by atoms with E-state index in [1.54, 1.807) is 5.56 Å². The zero-order valence-corrected chi connectivity index (χ0v) is 22.1. The van der Waals surface area contributed by atoms with Crippen LogP contribution in [0.25, 0.3) is 6.08 Å². The Kier molecular flexibility index (Phi) is 13.0. The third kappa shape index (κ3) is 9.74. The van der Waals surface area contributed by atoms with Crippen molar-refractivity contribution in [1.82, 2.24) is 5.32 Å². The van der Waals surface area contributed by atoms with Gasteiger partial charge in [0.05, 0.1) is 0 Å². The molecule has 0 atom stereocenters. The van der Waals surface area contributed by atoms with Crippen molar-refractivity contribution in [2.75, 3.05) is 12.4 Å². The summed E-state index contributed by atoms with van der Waals surface area (Å²) in [5, 5.41) is 6.36. The summed E-state index contributed by atoms with van der Waals surface area (Å²) in [6, 6.07) is 15.2. The van der Waals surface area contributed by atoms with Gasteiger partial charge in [0.15, 0.2) is 0 Å². The molecule has 0 aliphatic rings. The first kappa shape index (κ1) is 28.3. The first-order valence-electron chi connectivity index (χ1n) is 12.4. The van der Waals surface area contributed by atoms with E-state index < -0.39 is 0 Å². The fourth-order valence-electron chi connectivity index (χ4n) is 3.92. The molecule has 0 heterocycles. The molecule has 33 heavy (non-hydrogen) atoms. The number of hydrogen-bond donors (Lipinski definition) is 2. The second kappa shape index (κ2) is 15.2. The van der Waals surface area contributed by atoms with Crippen LogP contribution in [0.3, 0.4) is 0 Å². The van der Waals surface area contributed by atoms with Crippen LogP contribution in [0, 0.1) is 13.8 Å². The normalized spacial score (nSPS) is 11.0. The SMILES string of the molecule is C=C(CC)Nc1ccc(/C=C(\C)C(=C)NC)c(C)c1.CCCC(CCC)c1ccccc1C. The molecule has 2 rings (SSSR count). The van der Waals surface area contributed by atoms with Crippen LogP contribution >= 0.6 is 0 Å². The van der Waals surface area contributed by atoms with Crippen molar-refractivity contribution in [3.63, 3.8) is 0 Å². The Morgan fingerprint density at radius 1 is 0.939 bits per heavy atom. The number of aryl methyl sites for hydroxylation is 2. The van der Waals surface area contributed by atoms with Gasteiger partial charge < -0.3 is 10.6 Å². The van der Waals surface area contributed by atoms with E-state index in [1.165, 1.54) is 42.4 Å². The van der Waals surface area contributed by atoms with Crippen molar-refractivity contribution in [3.05, 3.63) is 94.8 Å². The monoisotopic (exact) mass is 446 g/mol. The van der Waals surface area contributed by atoms with Gasteiger partial charge in [-0.1, -0.05) is 77.1 Å². The molecular formula is C31H46N2. The Morgan fingerprint density at radius 3 is 2.09 bits per heavy atom. The zero-order chi connectivity index (χ0) is 24.8. The van der Waals surface area contributed by atoms with E-state index in [0.717, 1.165) is 35.0 Å². The van der Waals surface area contributed by atoms with E-state index in [-0.39, 0.29) is 0 Å². The third-order valence-electron chi connectivity index (χ3n) is 6.07. The molecule has 0 fully saturated rings. The molecule has 0 saturated carbocycles. The third-order valence-corrected chi connectivity index (χ3v) is 6.07. The van der Waals surface area contributed by atoms with Gasteiger partial charge in [0.2, 0.25) is 0 Å². The van der Waals surface area contributed by atoms with Gasteiger partial charge in [-0.15, -0.1) is 0 Å². The molecule has 0 spiro atoms. The fourth-order valence-corrected chi connectivity index (χ4v) is 3.92. The van der Waals surface area contributed by atoms with Crippen LogP contribution in [0.4, 0.5) is 5.69 Å². The molecule has 0 saturated heterocycles. The van der Waals surface area contributed by atoms with Gasteiger partial charge in [0, 0.05) is 24.1 Å². The highest BCUT2D eigenvalue weighted by Gasteiger charge is 2.11. The van der Waals surface area contributed by atoms with Gasteiger partial charge in [-0.2, -0.15) is 0 Å². The molecule has 2 nitrogen and oxygen atoms in total. The summed E-state index contributed by atoms with van der Waals surface area (Å²) in [5.41, 5.74) is 9.67. The van der Waals surface area contributed by atoms with E-state index in [9.17, 15) is 0 Å². The van der Waals surface area contributed by atoms with Crippen molar-refractivity contribution in [2.45, 2.75) is 79.6 Å². The maximum absolute atomic E-state index is 3.96. The van der Waals surface area contributed by atoms with Crippen molar-refractivity contribution < 1.29 is 0 Å². The second-order valence-corrected chi connectivity index (χ2v) is 8.84. The molecule has 0 aliphatic carbocycles. The summed E-state index contributed by atoms with van der Waals surface area (Å²) in [6.45, 7) is 21.0. The highest BCUT2D eigenvalue weighted by atomic mass is 14.9. The largest absolute Gasteiger partial charge is 0.388 e. The lowest BCUT2D eigenvalue weighted by Crippen LogP contribution is -2.04. The molecule has 2 aromatic rings. The molecule has 0 bridgehead atoms. The maximum atomic E-state index is 3.96. The minimum absolute atomic E-state index is 0.784. The second-order valence-electron chi connectivity index (χ2n) is 8.84. The molecule has 2 aromatic carbocycles. The summed E-state index contributed by atoms with van der Waals surface area (Å²) >= 11 is 0. The van der Waals surface area contributed by atoms with Crippen LogP contribution in [0.1, 0.15) is 88.0 Å². The van der Waals surface area contributed by atoms with Gasteiger partial charge in [-0.25, -0.2) is 0 Å². The van der Waals surface area contributed by atoms with Crippen LogP contribution in [0.2, 0.25) is 0 Å². The number of likely N-dealkylation sites (N-methyl/N-ethyl adjacent to an activating group) is 1. The van der Waals surface area contributed by atoms with Crippen molar-refractivity contribution in [3.8, 4) is 0 Å². The highest BCUT2D eigenvalue weighted by Crippen LogP contribution is 2.28. The number of benzene rings is 2. The van der Waals surface area contributed by atoms with Gasteiger partial charge in [-0.05, 0) is 92.0 Å². The van der Waals surface area contributed by atoms with Crippen LogP contribution < -0.4 is 10.6 Å². The van der Waals surface area contributed by atoms with Crippen LogP contribution in [0.5, 0.6) is 0 Å². The number of rotatable bonds is 11. The lowest BCUT2D eigenvalue weighted by molar-refractivity contribution is 0.558. The smallest absolute Gasteiger partial charge is 0.0384 e. The van der Waals surface area contributed by atoms with Crippen LogP contribution in [0.15, 0.2) is 72.6 Å². The van der Waals surface area contributed by atoms with Gasteiger partial charge >= 0.3 is 0 Å². The van der Waals surface area contributed by atoms with E-state index in [1.807, 2.05) is 7.05 Å². The van der Waals surface area contributed by atoms with Crippen molar-refractivity contribution >= 4 is 11.8 Å². The van der Waals surface area contributed by atoms with Crippen LogP contribution in [-0.2, 0) is 0 Å². The minimum Gasteiger partial charge on any atom is -0.388 e. The molecular weight excluding hydrogens is 400 g/mol. The summed E-state index contributed by atoms with van der Waals surface area (Å²) < 4.78 is 0. The molecule has 2 heteroatoms. The van der Waals surface area contributed by atoms with E-state index >= 15 is 0 Å². The Bertz CT molecular complexity index is 914. The Balaban J connectivity index is 0.000000346. The lowest BCUT2D eigenvalue weighted by Gasteiger charge is -2.17. The topological polar surface area (TPSA) is 24.1 Å². The molecule has 0 amide bonds. The molecule has 0 unspecified atom stereocenters. The lowest BCUT2D eigenvalue weighted by atomic mass is 9.88. The molecule has 0 radical (unpaired) electrons. The summed E-state index contributed by atoms with van der Waals surface area (Å²) in [4.78, 5) is 0. The number of allylic oxidation sites excluding steroid dienone is 2. The zero-order valence-electron chi connectivity index (χ0n) is 22.1. The molecule has 0 aromatic heterocycles. The van der Waals surface area contributed by atoms with E-state index in [0.29, 0.717) is 0 Å². The summed E-state index contributed by atoms with van der Waals surface area (Å²) in [6.07, 6.45) is 8.32. The average Bonchev–Trinajstić information content (AvgIpc) is 2.80. The Morgan fingerprint density at radius 2 is 1.58 bits per heavy atom. The molecule has 180 valence electrons. The minimum atomic E-state index is 0.784. The van der Waals surface area contributed by atoms with Gasteiger partial charge in [0.1, 0.15) is 0 Å². The average molecular weight is 447 g/mol. The van der Waals surface area contributed by atoms with E-state index in [4.69, 9.17) is 0 Å². The van der Waals surface area contributed by atoms with Crippen molar-refractivity contribution in [1.29, 1.82) is 0 Å². The predicted molar refractivity (Wildman–Crippen MR) is 150 cm³/mol. The Labute approximate surface area is 203 Å².